The van der Waals surface area contributed by atoms with Gasteiger partial charge in [0.25, 0.3) is 0 Å². The number of aryl methyl sites for hydroxylation is 1. The Bertz CT molecular complexity index is 840. The van der Waals surface area contributed by atoms with Crippen LogP contribution in [-0.4, -0.2) is 33.6 Å². The Labute approximate surface area is 143 Å². The van der Waals surface area contributed by atoms with E-state index in [4.69, 9.17) is 9.47 Å². The third-order valence-electron chi connectivity index (χ3n) is 4.06. The standard InChI is InChI=1S/C19H22O4S/c1-14-4-7-19-18(12-14)17-6-5-16(13-15(17)8-10-23-19)22-9-3-11-24(2,20)21/h4-7,12-13H,3,8-11H2,1-2H3. The second-order valence-electron chi connectivity index (χ2n) is 6.25. The van der Waals surface area contributed by atoms with Crippen molar-refractivity contribution in [1.82, 2.24) is 0 Å². The molecule has 128 valence electrons. The second-order valence-corrected chi connectivity index (χ2v) is 8.51. The van der Waals surface area contributed by atoms with Crippen LogP contribution in [0.3, 0.4) is 0 Å². The summed E-state index contributed by atoms with van der Waals surface area (Å²) >= 11 is 0. The number of hydrogen-bond donors (Lipinski definition) is 0. The van der Waals surface area contributed by atoms with Crippen LogP contribution in [0.15, 0.2) is 36.4 Å². The lowest BCUT2D eigenvalue weighted by atomic mass is 9.96. The van der Waals surface area contributed by atoms with E-state index in [0.717, 1.165) is 23.5 Å². The van der Waals surface area contributed by atoms with Crippen LogP contribution >= 0.6 is 0 Å². The molecule has 0 bridgehead atoms. The van der Waals surface area contributed by atoms with Crippen LogP contribution in [0.25, 0.3) is 11.1 Å². The van der Waals surface area contributed by atoms with Crippen molar-refractivity contribution in [3.8, 4) is 22.6 Å². The van der Waals surface area contributed by atoms with E-state index >= 15 is 0 Å². The molecule has 2 aromatic rings. The van der Waals surface area contributed by atoms with E-state index in [1.807, 2.05) is 18.2 Å². The molecule has 0 aliphatic carbocycles. The van der Waals surface area contributed by atoms with Crippen LogP contribution in [0.2, 0.25) is 0 Å². The molecule has 2 aromatic carbocycles. The highest BCUT2D eigenvalue weighted by Gasteiger charge is 2.16. The Morgan fingerprint density at radius 2 is 1.96 bits per heavy atom. The van der Waals surface area contributed by atoms with Gasteiger partial charge in [-0.25, -0.2) is 8.42 Å². The average Bonchev–Trinajstić information content (AvgIpc) is 2.69. The number of benzene rings is 2. The van der Waals surface area contributed by atoms with Gasteiger partial charge in [-0.15, -0.1) is 0 Å². The first kappa shape index (κ1) is 16.8. The Kier molecular flexibility index (Phi) is 4.81. The minimum absolute atomic E-state index is 0.151. The van der Waals surface area contributed by atoms with Crippen LogP contribution < -0.4 is 9.47 Å². The highest BCUT2D eigenvalue weighted by molar-refractivity contribution is 7.90. The minimum atomic E-state index is -2.93. The molecule has 0 radical (unpaired) electrons. The van der Waals surface area contributed by atoms with Crippen LogP contribution in [0.4, 0.5) is 0 Å². The maximum Gasteiger partial charge on any atom is 0.147 e. The van der Waals surface area contributed by atoms with E-state index in [-0.39, 0.29) is 5.75 Å². The molecule has 1 aliphatic rings. The van der Waals surface area contributed by atoms with Gasteiger partial charge < -0.3 is 9.47 Å². The van der Waals surface area contributed by atoms with Crippen molar-refractivity contribution in [2.24, 2.45) is 0 Å². The van der Waals surface area contributed by atoms with Gasteiger partial charge in [0.1, 0.15) is 21.3 Å². The number of rotatable bonds is 5. The molecule has 0 saturated heterocycles. The van der Waals surface area contributed by atoms with Gasteiger partial charge in [-0.2, -0.15) is 0 Å². The first-order chi connectivity index (χ1) is 11.4. The van der Waals surface area contributed by atoms with Crippen molar-refractivity contribution >= 4 is 9.84 Å². The number of ether oxygens (including phenoxy) is 2. The molecule has 0 fully saturated rings. The molecule has 0 atom stereocenters. The van der Waals surface area contributed by atoms with Crippen molar-refractivity contribution in [3.05, 3.63) is 47.5 Å². The van der Waals surface area contributed by atoms with Gasteiger partial charge in [0.15, 0.2) is 0 Å². The molecule has 0 aromatic heterocycles. The summed E-state index contributed by atoms with van der Waals surface area (Å²) in [5, 5.41) is 0. The van der Waals surface area contributed by atoms with Gasteiger partial charge in [-0.1, -0.05) is 17.7 Å². The predicted molar refractivity (Wildman–Crippen MR) is 95.6 cm³/mol. The summed E-state index contributed by atoms with van der Waals surface area (Å²) in [6.45, 7) is 3.11. The highest BCUT2D eigenvalue weighted by Crippen LogP contribution is 2.37. The lowest BCUT2D eigenvalue weighted by Gasteiger charge is -2.12. The van der Waals surface area contributed by atoms with E-state index in [2.05, 4.69) is 25.1 Å². The zero-order valence-electron chi connectivity index (χ0n) is 14.0. The monoisotopic (exact) mass is 346 g/mol. The van der Waals surface area contributed by atoms with E-state index < -0.39 is 9.84 Å². The normalized spacial score (nSPS) is 13.4. The summed E-state index contributed by atoms with van der Waals surface area (Å²) in [6, 6.07) is 12.3. The maximum absolute atomic E-state index is 11.1. The Hall–Kier alpha value is -2.01. The van der Waals surface area contributed by atoms with Crippen molar-refractivity contribution < 1.29 is 17.9 Å². The number of hydrogen-bond acceptors (Lipinski definition) is 4. The zero-order valence-corrected chi connectivity index (χ0v) is 14.9. The van der Waals surface area contributed by atoms with Crippen molar-refractivity contribution in [2.45, 2.75) is 19.8 Å². The molecular weight excluding hydrogens is 324 g/mol. The van der Waals surface area contributed by atoms with Crippen molar-refractivity contribution in [2.75, 3.05) is 25.2 Å². The predicted octanol–water partition coefficient (Wildman–Crippen LogP) is 3.41. The molecule has 5 heteroatoms. The number of fused-ring (bicyclic) bond motifs is 3. The van der Waals surface area contributed by atoms with E-state index in [0.29, 0.717) is 19.6 Å². The average molecular weight is 346 g/mol. The van der Waals surface area contributed by atoms with E-state index in [9.17, 15) is 8.42 Å². The molecule has 0 amide bonds. The largest absolute Gasteiger partial charge is 0.494 e. The Morgan fingerprint density at radius 1 is 1.12 bits per heavy atom. The molecule has 1 heterocycles. The first-order valence-electron chi connectivity index (χ1n) is 8.10. The molecule has 0 spiro atoms. The Morgan fingerprint density at radius 3 is 2.75 bits per heavy atom. The third kappa shape index (κ3) is 4.09. The molecule has 0 saturated carbocycles. The molecule has 3 rings (SSSR count). The second kappa shape index (κ2) is 6.85. The summed E-state index contributed by atoms with van der Waals surface area (Å²) in [5.41, 5.74) is 4.69. The molecule has 4 nitrogen and oxygen atoms in total. The van der Waals surface area contributed by atoms with Gasteiger partial charge in [-0.3, -0.25) is 0 Å². The summed E-state index contributed by atoms with van der Waals surface area (Å²) in [6.07, 6.45) is 2.57. The van der Waals surface area contributed by atoms with Crippen LogP contribution in [0.5, 0.6) is 11.5 Å². The fourth-order valence-corrected chi connectivity index (χ4v) is 3.53. The summed E-state index contributed by atoms with van der Waals surface area (Å²) in [4.78, 5) is 0. The maximum atomic E-state index is 11.1. The third-order valence-corrected chi connectivity index (χ3v) is 5.09. The fourth-order valence-electron chi connectivity index (χ4n) is 2.89. The van der Waals surface area contributed by atoms with Gasteiger partial charge in [0.2, 0.25) is 0 Å². The topological polar surface area (TPSA) is 52.6 Å². The fraction of sp³-hybridized carbons (Fsp3) is 0.368. The summed E-state index contributed by atoms with van der Waals surface area (Å²) in [5.74, 6) is 1.85. The van der Waals surface area contributed by atoms with Crippen LogP contribution in [0, 0.1) is 6.92 Å². The molecule has 0 unspecified atom stereocenters. The van der Waals surface area contributed by atoms with E-state index in [1.165, 1.54) is 22.9 Å². The van der Waals surface area contributed by atoms with Gasteiger partial charge >= 0.3 is 0 Å². The molecular formula is C19H22O4S. The quantitative estimate of drug-likeness (QED) is 0.779. The van der Waals surface area contributed by atoms with Gasteiger partial charge in [-0.05, 0) is 48.7 Å². The highest BCUT2D eigenvalue weighted by atomic mass is 32.2. The lowest BCUT2D eigenvalue weighted by Crippen LogP contribution is -2.08. The zero-order chi connectivity index (χ0) is 17.2. The van der Waals surface area contributed by atoms with Crippen LogP contribution in [-0.2, 0) is 16.3 Å². The SMILES string of the molecule is Cc1ccc2c(c1)-c1ccc(OCCCS(C)(=O)=O)cc1CCO2. The molecule has 1 aliphatic heterocycles. The molecule has 0 N–H and O–H groups in total. The lowest BCUT2D eigenvalue weighted by molar-refractivity contribution is 0.315. The van der Waals surface area contributed by atoms with Gasteiger partial charge in [0.05, 0.1) is 19.0 Å². The smallest absolute Gasteiger partial charge is 0.147 e. The van der Waals surface area contributed by atoms with Crippen molar-refractivity contribution in [3.63, 3.8) is 0 Å². The Balaban J connectivity index is 1.78. The summed E-state index contributed by atoms with van der Waals surface area (Å²) < 4.78 is 33.9. The minimum Gasteiger partial charge on any atom is -0.494 e. The van der Waals surface area contributed by atoms with Gasteiger partial charge in [0, 0.05) is 18.2 Å². The number of sulfone groups is 1. The molecule has 24 heavy (non-hydrogen) atoms. The summed E-state index contributed by atoms with van der Waals surface area (Å²) in [7, 11) is -2.93. The van der Waals surface area contributed by atoms with E-state index in [1.54, 1.807) is 0 Å². The van der Waals surface area contributed by atoms with Crippen molar-refractivity contribution in [1.29, 1.82) is 0 Å². The first-order valence-corrected chi connectivity index (χ1v) is 10.2. The van der Waals surface area contributed by atoms with Crippen LogP contribution in [0.1, 0.15) is 17.5 Å².